The average Bonchev–Trinajstić information content (AvgIpc) is 3.35. The van der Waals surface area contributed by atoms with E-state index in [2.05, 4.69) is 10.6 Å². The highest BCUT2D eigenvalue weighted by Crippen LogP contribution is 2.31. The van der Waals surface area contributed by atoms with Crippen molar-refractivity contribution in [1.82, 2.24) is 14.9 Å². The van der Waals surface area contributed by atoms with E-state index in [9.17, 15) is 18.0 Å². The number of benzene rings is 2. The Balaban J connectivity index is 1.58. The zero-order valence-corrected chi connectivity index (χ0v) is 19.9. The Hall–Kier alpha value is -3.35. The van der Waals surface area contributed by atoms with Gasteiger partial charge in [0.1, 0.15) is 12.0 Å². The molecule has 1 saturated heterocycles. The van der Waals surface area contributed by atoms with Crippen LogP contribution in [0.2, 0.25) is 0 Å². The minimum absolute atomic E-state index is 0.00999. The van der Waals surface area contributed by atoms with Crippen LogP contribution in [0.5, 0.6) is 17.2 Å². The second-order valence-corrected chi connectivity index (χ2v) is 9.09. The molecule has 1 aliphatic heterocycles. The zero-order valence-electron chi connectivity index (χ0n) is 19.1. The molecule has 0 bridgehead atoms. The van der Waals surface area contributed by atoms with Gasteiger partial charge in [-0.05, 0) is 29.8 Å². The Kier molecular flexibility index (Phi) is 8.31. The van der Waals surface area contributed by atoms with E-state index in [-0.39, 0.29) is 36.9 Å². The molecule has 1 fully saturated rings. The fourth-order valence-corrected chi connectivity index (χ4v) is 4.85. The summed E-state index contributed by atoms with van der Waals surface area (Å²) in [6, 6.07) is 11.3. The molecule has 12 heteroatoms. The topological polar surface area (TPSA) is 132 Å². The number of hydrogen-bond donors (Lipinski definition) is 2. The molecule has 2 aromatic rings. The molecule has 0 spiro atoms. The lowest BCUT2D eigenvalue weighted by atomic mass is 10.2. The Labute approximate surface area is 198 Å². The predicted molar refractivity (Wildman–Crippen MR) is 121 cm³/mol. The molecule has 1 aliphatic rings. The summed E-state index contributed by atoms with van der Waals surface area (Å²) in [4.78, 5) is 24.3. The number of carbonyl (C=O) groups excluding carboxylic acids is 2. The highest BCUT2D eigenvalue weighted by Gasteiger charge is 2.37. The molecule has 2 amide bonds. The van der Waals surface area contributed by atoms with Gasteiger partial charge in [-0.3, -0.25) is 9.59 Å². The van der Waals surface area contributed by atoms with E-state index in [4.69, 9.17) is 18.9 Å². The fourth-order valence-electron chi connectivity index (χ4n) is 3.32. The third-order valence-electron chi connectivity index (χ3n) is 5.16. The largest absolute Gasteiger partial charge is 0.497 e. The molecular formula is C22H27N3O8S. The van der Waals surface area contributed by atoms with Gasteiger partial charge in [0.15, 0.2) is 11.5 Å². The molecule has 11 nitrogen and oxygen atoms in total. The first-order chi connectivity index (χ1) is 16.3. The quantitative estimate of drug-likeness (QED) is 0.483. The highest BCUT2D eigenvalue weighted by atomic mass is 32.2. The van der Waals surface area contributed by atoms with E-state index in [1.54, 1.807) is 31.4 Å². The van der Waals surface area contributed by atoms with Gasteiger partial charge in [0, 0.05) is 19.2 Å². The van der Waals surface area contributed by atoms with E-state index < -0.39 is 28.1 Å². The fraction of sp³-hybridized carbons (Fsp3) is 0.364. The van der Waals surface area contributed by atoms with Crippen LogP contribution in [0.1, 0.15) is 5.56 Å². The number of sulfonamides is 1. The monoisotopic (exact) mass is 493 g/mol. The van der Waals surface area contributed by atoms with Crippen molar-refractivity contribution < 1.29 is 37.0 Å². The van der Waals surface area contributed by atoms with Crippen molar-refractivity contribution in [2.45, 2.75) is 17.7 Å². The van der Waals surface area contributed by atoms with Crippen LogP contribution in [0.15, 0.2) is 47.4 Å². The second kappa shape index (κ2) is 11.2. The van der Waals surface area contributed by atoms with Gasteiger partial charge < -0.3 is 29.6 Å². The SMILES string of the molecule is COc1ccc(CNC(=O)C(=O)NC[C@@H]2OCCN2S(=O)(=O)c2ccc(OC)c(OC)c2)cc1. The van der Waals surface area contributed by atoms with E-state index in [0.717, 1.165) is 9.87 Å². The van der Waals surface area contributed by atoms with Crippen molar-refractivity contribution in [3.8, 4) is 17.2 Å². The lowest BCUT2D eigenvalue weighted by Crippen LogP contribution is -2.47. The van der Waals surface area contributed by atoms with E-state index in [1.165, 1.54) is 32.4 Å². The number of nitrogens with zero attached hydrogens (tertiary/aromatic N) is 1. The number of amides is 2. The maximum Gasteiger partial charge on any atom is 0.309 e. The minimum Gasteiger partial charge on any atom is -0.497 e. The number of ether oxygens (including phenoxy) is 4. The van der Waals surface area contributed by atoms with Crippen molar-refractivity contribution in [3.05, 3.63) is 48.0 Å². The summed E-state index contributed by atoms with van der Waals surface area (Å²) in [6.45, 7) is 0.203. The molecular weight excluding hydrogens is 466 g/mol. The smallest absolute Gasteiger partial charge is 0.309 e. The van der Waals surface area contributed by atoms with Gasteiger partial charge in [-0.15, -0.1) is 0 Å². The third kappa shape index (κ3) is 5.76. The van der Waals surface area contributed by atoms with E-state index in [0.29, 0.717) is 11.5 Å². The molecule has 0 aromatic heterocycles. The van der Waals surface area contributed by atoms with Crippen molar-refractivity contribution >= 4 is 21.8 Å². The Morgan fingerprint density at radius 2 is 1.65 bits per heavy atom. The van der Waals surface area contributed by atoms with E-state index >= 15 is 0 Å². The van der Waals surface area contributed by atoms with Crippen molar-refractivity contribution in [2.75, 3.05) is 41.0 Å². The number of rotatable bonds is 9. The van der Waals surface area contributed by atoms with Crippen molar-refractivity contribution in [3.63, 3.8) is 0 Å². The Bertz CT molecular complexity index is 1120. The van der Waals surface area contributed by atoms with Crippen LogP contribution >= 0.6 is 0 Å². The van der Waals surface area contributed by atoms with Crippen LogP contribution in [0.3, 0.4) is 0 Å². The number of carbonyl (C=O) groups is 2. The van der Waals surface area contributed by atoms with Gasteiger partial charge in [-0.25, -0.2) is 8.42 Å². The van der Waals surface area contributed by atoms with E-state index in [1.807, 2.05) is 0 Å². The van der Waals surface area contributed by atoms with Crippen LogP contribution in [-0.2, 0) is 30.9 Å². The molecule has 34 heavy (non-hydrogen) atoms. The average molecular weight is 494 g/mol. The van der Waals surface area contributed by atoms with Crippen LogP contribution in [-0.4, -0.2) is 71.8 Å². The lowest BCUT2D eigenvalue weighted by Gasteiger charge is -2.23. The zero-order chi connectivity index (χ0) is 24.7. The summed E-state index contributed by atoms with van der Waals surface area (Å²) in [6.07, 6.45) is -0.962. The standard InChI is InChI=1S/C22H27N3O8S/c1-30-16-6-4-15(5-7-16)13-23-21(26)22(27)24-14-20-25(10-11-33-20)34(28,29)17-8-9-18(31-2)19(12-17)32-3/h4-9,12,20H,10-11,13-14H2,1-3H3,(H,23,26)(H,24,27)/t20-/m0/s1. The Morgan fingerprint density at radius 1 is 0.971 bits per heavy atom. The summed E-state index contributed by atoms with van der Waals surface area (Å²) < 4.78 is 48.3. The summed E-state index contributed by atoms with van der Waals surface area (Å²) in [5.41, 5.74) is 0.785. The van der Waals surface area contributed by atoms with Crippen LogP contribution in [0, 0.1) is 0 Å². The molecule has 2 N–H and O–H groups in total. The van der Waals surface area contributed by atoms with Gasteiger partial charge in [-0.2, -0.15) is 4.31 Å². The summed E-state index contributed by atoms with van der Waals surface area (Å²) in [5.74, 6) is -0.404. The van der Waals surface area contributed by atoms with Crippen LogP contribution < -0.4 is 24.8 Å². The van der Waals surface area contributed by atoms with Gasteiger partial charge in [0.25, 0.3) is 0 Å². The summed E-state index contributed by atoms with van der Waals surface area (Å²) in [5, 5.41) is 4.94. The summed E-state index contributed by atoms with van der Waals surface area (Å²) >= 11 is 0. The first kappa shape index (κ1) is 25.3. The Morgan fingerprint density at radius 3 is 2.29 bits per heavy atom. The molecule has 0 aliphatic carbocycles. The number of nitrogens with one attached hydrogen (secondary N) is 2. The number of methoxy groups -OCH3 is 3. The molecule has 1 heterocycles. The predicted octanol–water partition coefficient (Wildman–Crippen LogP) is 0.492. The summed E-state index contributed by atoms with van der Waals surface area (Å²) in [7, 11) is 0.455. The van der Waals surface area contributed by atoms with Crippen molar-refractivity contribution in [2.24, 2.45) is 0 Å². The van der Waals surface area contributed by atoms with Gasteiger partial charge >= 0.3 is 11.8 Å². The number of hydrogen-bond acceptors (Lipinski definition) is 8. The van der Waals surface area contributed by atoms with Gasteiger partial charge in [-0.1, -0.05) is 12.1 Å². The maximum absolute atomic E-state index is 13.1. The molecule has 3 rings (SSSR count). The highest BCUT2D eigenvalue weighted by molar-refractivity contribution is 7.89. The van der Waals surface area contributed by atoms with Crippen LogP contribution in [0.4, 0.5) is 0 Å². The molecule has 0 unspecified atom stereocenters. The second-order valence-electron chi connectivity index (χ2n) is 7.20. The molecule has 2 aromatic carbocycles. The lowest BCUT2D eigenvalue weighted by molar-refractivity contribution is -0.139. The maximum atomic E-state index is 13.1. The minimum atomic E-state index is -3.95. The molecule has 0 saturated carbocycles. The molecule has 184 valence electrons. The van der Waals surface area contributed by atoms with Gasteiger partial charge in [0.05, 0.1) is 39.4 Å². The van der Waals surface area contributed by atoms with Crippen LogP contribution in [0.25, 0.3) is 0 Å². The first-order valence-electron chi connectivity index (χ1n) is 10.3. The first-order valence-corrected chi connectivity index (χ1v) is 11.8. The normalized spacial score (nSPS) is 16.0. The van der Waals surface area contributed by atoms with Crippen molar-refractivity contribution in [1.29, 1.82) is 0 Å². The third-order valence-corrected chi connectivity index (χ3v) is 7.05. The molecule has 0 radical (unpaired) electrons. The van der Waals surface area contributed by atoms with Gasteiger partial charge in [0.2, 0.25) is 10.0 Å². The molecule has 1 atom stereocenters.